The Morgan fingerprint density at radius 2 is 2.27 bits per heavy atom. The van der Waals surface area contributed by atoms with Crippen LogP contribution in [0, 0.1) is 5.92 Å². The van der Waals surface area contributed by atoms with Crippen molar-refractivity contribution < 1.29 is 9.90 Å². The largest absolute Gasteiger partial charge is 0.396 e. The molecular formula is C8H13NO2. The van der Waals surface area contributed by atoms with Gasteiger partial charge in [0.25, 0.3) is 0 Å². The molecule has 2 aliphatic rings. The monoisotopic (exact) mass is 155 g/mol. The maximum atomic E-state index is 11.2. The minimum Gasteiger partial charge on any atom is -0.396 e. The number of hydrogen-bond acceptors (Lipinski definition) is 2. The molecule has 1 atom stereocenters. The van der Waals surface area contributed by atoms with Crippen molar-refractivity contribution >= 4 is 5.91 Å². The van der Waals surface area contributed by atoms with E-state index in [-0.39, 0.29) is 18.4 Å². The molecule has 1 N–H and O–H groups in total. The molecule has 11 heavy (non-hydrogen) atoms. The highest BCUT2D eigenvalue weighted by Gasteiger charge is 2.38. The van der Waals surface area contributed by atoms with E-state index in [2.05, 4.69) is 0 Å². The SMILES string of the molecule is O=C1C[C@@H](CO)CN1C1CC1. The lowest BCUT2D eigenvalue weighted by Crippen LogP contribution is -2.27. The zero-order chi connectivity index (χ0) is 7.84. The van der Waals surface area contributed by atoms with Gasteiger partial charge in [-0.15, -0.1) is 0 Å². The molecule has 1 heterocycles. The first-order valence-corrected chi connectivity index (χ1v) is 4.21. The first-order chi connectivity index (χ1) is 5.31. The summed E-state index contributed by atoms with van der Waals surface area (Å²) in [7, 11) is 0. The Kier molecular flexibility index (Phi) is 1.60. The van der Waals surface area contributed by atoms with Gasteiger partial charge in [0.2, 0.25) is 5.91 Å². The van der Waals surface area contributed by atoms with Gasteiger partial charge in [0.15, 0.2) is 0 Å². The van der Waals surface area contributed by atoms with Crippen molar-refractivity contribution in [3.63, 3.8) is 0 Å². The number of aliphatic hydroxyl groups is 1. The van der Waals surface area contributed by atoms with Crippen molar-refractivity contribution in [2.24, 2.45) is 5.92 Å². The maximum absolute atomic E-state index is 11.2. The van der Waals surface area contributed by atoms with Crippen LogP contribution in [0.3, 0.4) is 0 Å². The Balaban J connectivity index is 1.96. The standard InChI is InChI=1S/C8H13NO2/c10-5-6-3-8(11)9(4-6)7-1-2-7/h6-7,10H,1-5H2/t6-/m1/s1. The molecule has 1 saturated carbocycles. The number of rotatable bonds is 2. The van der Waals surface area contributed by atoms with Gasteiger partial charge in [0.05, 0.1) is 0 Å². The van der Waals surface area contributed by atoms with Gasteiger partial charge < -0.3 is 10.0 Å². The van der Waals surface area contributed by atoms with E-state index in [9.17, 15) is 4.79 Å². The number of likely N-dealkylation sites (tertiary alicyclic amines) is 1. The minimum atomic E-state index is 0.162. The number of hydrogen-bond donors (Lipinski definition) is 1. The highest BCUT2D eigenvalue weighted by molar-refractivity contribution is 5.79. The second-order valence-corrected chi connectivity index (χ2v) is 3.53. The van der Waals surface area contributed by atoms with Gasteiger partial charge in [-0.25, -0.2) is 0 Å². The average Bonchev–Trinajstić information content (AvgIpc) is 2.76. The van der Waals surface area contributed by atoms with E-state index in [0.29, 0.717) is 12.5 Å². The van der Waals surface area contributed by atoms with Gasteiger partial charge >= 0.3 is 0 Å². The van der Waals surface area contributed by atoms with Crippen LogP contribution < -0.4 is 0 Å². The van der Waals surface area contributed by atoms with E-state index in [1.54, 1.807) is 0 Å². The van der Waals surface area contributed by atoms with Crippen molar-refractivity contribution in [3.8, 4) is 0 Å². The van der Waals surface area contributed by atoms with Crippen molar-refractivity contribution in [2.75, 3.05) is 13.2 Å². The number of carbonyl (C=O) groups is 1. The summed E-state index contributed by atoms with van der Waals surface area (Å²) >= 11 is 0. The molecule has 1 aliphatic heterocycles. The third-order valence-electron chi connectivity index (χ3n) is 2.48. The summed E-state index contributed by atoms with van der Waals surface area (Å²) in [4.78, 5) is 13.2. The molecule has 1 aliphatic carbocycles. The Morgan fingerprint density at radius 3 is 2.73 bits per heavy atom. The van der Waals surface area contributed by atoms with Gasteiger partial charge in [0, 0.05) is 31.5 Å². The Labute approximate surface area is 66.0 Å². The molecule has 0 radical (unpaired) electrons. The van der Waals surface area contributed by atoms with Crippen LogP contribution in [0.5, 0.6) is 0 Å². The van der Waals surface area contributed by atoms with E-state index in [0.717, 1.165) is 6.54 Å². The van der Waals surface area contributed by atoms with Crippen LogP contribution in [-0.4, -0.2) is 35.1 Å². The summed E-state index contributed by atoms with van der Waals surface area (Å²) in [5.74, 6) is 0.453. The Morgan fingerprint density at radius 1 is 1.55 bits per heavy atom. The fraction of sp³-hybridized carbons (Fsp3) is 0.875. The molecule has 2 fully saturated rings. The molecule has 1 saturated heterocycles. The van der Waals surface area contributed by atoms with E-state index in [4.69, 9.17) is 5.11 Å². The predicted octanol–water partition coefficient (Wildman–Crippen LogP) is -0.0104. The zero-order valence-electron chi connectivity index (χ0n) is 6.49. The molecule has 3 nitrogen and oxygen atoms in total. The van der Waals surface area contributed by atoms with Crippen LogP contribution in [-0.2, 0) is 4.79 Å². The third-order valence-corrected chi connectivity index (χ3v) is 2.48. The van der Waals surface area contributed by atoms with Crippen LogP contribution in [0.4, 0.5) is 0 Å². The zero-order valence-corrected chi connectivity index (χ0v) is 6.49. The first kappa shape index (κ1) is 7.10. The fourth-order valence-corrected chi connectivity index (χ4v) is 1.67. The molecular weight excluding hydrogens is 142 g/mol. The number of nitrogens with zero attached hydrogens (tertiary/aromatic N) is 1. The summed E-state index contributed by atoms with van der Waals surface area (Å²) in [5.41, 5.74) is 0. The van der Waals surface area contributed by atoms with E-state index in [1.165, 1.54) is 12.8 Å². The highest BCUT2D eigenvalue weighted by Crippen LogP contribution is 2.32. The number of aliphatic hydroxyl groups excluding tert-OH is 1. The van der Waals surface area contributed by atoms with Crippen molar-refractivity contribution in [1.29, 1.82) is 0 Å². The molecule has 2 rings (SSSR count). The summed E-state index contributed by atoms with van der Waals surface area (Å²) in [6.07, 6.45) is 2.90. The molecule has 1 amide bonds. The van der Waals surface area contributed by atoms with Crippen LogP contribution in [0.1, 0.15) is 19.3 Å². The van der Waals surface area contributed by atoms with Crippen molar-refractivity contribution in [2.45, 2.75) is 25.3 Å². The summed E-state index contributed by atoms with van der Waals surface area (Å²) < 4.78 is 0. The second kappa shape index (κ2) is 2.48. The first-order valence-electron chi connectivity index (χ1n) is 4.21. The lowest BCUT2D eigenvalue weighted by molar-refractivity contribution is -0.128. The van der Waals surface area contributed by atoms with Crippen LogP contribution in [0.15, 0.2) is 0 Å². The topological polar surface area (TPSA) is 40.5 Å². The van der Waals surface area contributed by atoms with Crippen molar-refractivity contribution in [3.05, 3.63) is 0 Å². The van der Waals surface area contributed by atoms with Gasteiger partial charge in [0.1, 0.15) is 0 Å². The number of carbonyl (C=O) groups excluding carboxylic acids is 1. The average molecular weight is 155 g/mol. The molecule has 0 spiro atoms. The van der Waals surface area contributed by atoms with Crippen LogP contribution in [0.2, 0.25) is 0 Å². The molecule has 0 bridgehead atoms. The predicted molar refractivity (Wildman–Crippen MR) is 39.9 cm³/mol. The van der Waals surface area contributed by atoms with E-state index in [1.807, 2.05) is 4.90 Å². The van der Waals surface area contributed by atoms with Gasteiger partial charge in [-0.2, -0.15) is 0 Å². The molecule has 0 unspecified atom stereocenters. The highest BCUT2D eigenvalue weighted by atomic mass is 16.3. The van der Waals surface area contributed by atoms with Gasteiger partial charge in [-0.1, -0.05) is 0 Å². The van der Waals surface area contributed by atoms with E-state index < -0.39 is 0 Å². The fourth-order valence-electron chi connectivity index (χ4n) is 1.67. The summed E-state index contributed by atoms with van der Waals surface area (Å²) in [6.45, 7) is 0.953. The molecule has 3 heteroatoms. The third kappa shape index (κ3) is 1.25. The molecule has 0 aromatic heterocycles. The molecule has 62 valence electrons. The normalized spacial score (nSPS) is 31.5. The quantitative estimate of drug-likeness (QED) is 0.609. The summed E-state index contributed by atoms with van der Waals surface area (Å²) in [6, 6.07) is 0.527. The van der Waals surface area contributed by atoms with Crippen LogP contribution in [0.25, 0.3) is 0 Å². The lowest BCUT2D eigenvalue weighted by Gasteiger charge is -2.14. The number of amides is 1. The van der Waals surface area contributed by atoms with Crippen LogP contribution >= 0.6 is 0 Å². The van der Waals surface area contributed by atoms with Gasteiger partial charge in [-0.05, 0) is 12.8 Å². The second-order valence-electron chi connectivity index (χ2n) is 3.53. The Bertz CT molecular complexity index is 177. The maximum Gasteiger partial charge on any atom is 0.223 e. The van der Waals surface area contributed by atoms with Gasteiger partial charge in [-0.3, -0.25) is 4.79 Å². The van der Waals surface area contributed by atoms with E-state index >= 15 is 0 Å². The molecule has 0 aromatic carbocycles. The lowest BCUT2D eigenvalue weighted by atomic mass is 10.1. The van der Waals surface area contributed by atoms with Crippen molar-refractivity contribution in [1.82, 2.24) is 4.90 Å². The smallest absolute Gasteiger partial charge is 0.223 e. The Hall–Kier alpha value is -0.570. The minimum absolute atomic E-state index is 0.162. The summed E-state index contributed by atoms with van der Waals surface area (Å²) in [5, 5.41) is 8.82. The molecule has 0 aromatic rings.